The lowest BCUT2D eigenvalue weighted by Crippen LogP contribution is -2.54. The molecule has 2 saturated carbocycles. The van der Waals surface area contributed by atoms with Crippen LogP contribution >= 0.6 is 0 Å². The van der Waals surface area contributed by atoms with E-state index in [0.717, 1.165) is 44.0 Å². The molecule has 2 aliphatic carbocycles. The van der Waals surface area contributed by atoms with Crippen molar-refractivity contribution >= 4 is 29.1 Å². The Hall–Kier alpha value is -3.20. The number of primary amides is 1. The summed E-state index contributed by atoms with van der Waals surface area (Å²) in [5, 5.41) is 6.55. The summed E-state index contributed by atoms with van der Waals surface area (Å²) in [6.07, 6.45) is 13.4. The number of nitrogens with two attached hydrogens (primary N) is 1. The highest BCUT2D eigenvalue weighted by Gasteiger charge is 2.35. The van der Waals surface area contributed by atoms with E-state index in [1.165, 1.54) is 57.2 Å². The van der Waals surface area contributed by atoms with Gasteiger partial charge in [-0.05, 0) is 95.0 Å². The topological polar surface area (TPSA) is 116 Å². The maximum absolute atomic E-state index is 12.4. The zero-order chi connectivity index (χ0) is 27.6. The molecule has 6 rings (SSSR count). The van der Waals surface area contributed by atoms with E-state index in [1.54, 1.807) is 6.20 Å². The third-order valence-corrected chi connectivity index (χ3v) is 9.57. The number of anilines is 3. The third kappa shape index (κ3) is 5.94. The molecule has 1 aromatic heterocycles. The molecule has 2 atom stereocenters. The number of nitrogens with zero attached hydrogens (tertiary/aromatic N) is 4. The summed E-state index contributed by atoms with van der Waals surface area (Å²) < 4.78 is 0. The highest BCUT2D eigenvalue weighted by atomic mass is 16.2. The summed E-state index contributed by atoms with van der Waals surface area (Å²) in [6.45, 7) is 5.32. The summed E-state index contributed by atoms with van der Waals surface area (Å²) in [4.78, 5) is 38.7. The minimum absolute atomic E-state index is 0.0634. The number of rotatable bonds is 8. The van der Waals surface area contributed by atoms with Gasteiger partial charge in [0.05, 0.1) is 6.20 Å². The summed E-state index contributed by atoms with van der Waals surface area (Å²) in [7, 11) is 0. The Morgan fingerprint density at radius 2 is 1.65 bits per heavy atom. The number of nitrogens with one attached hydrogen (secondary N) is 2. The SMILES string of the molecule is C[C@@H]1C(NC(=O)C2CC2)CCCN1c1cnc(C(N)=O)c(Nc2ccc(C3CCN(C4CCCC4)CC3)cc2)n1. The van der Waals surface area contributed by atoms with Gasteiger partial charge in [-0.3, -0.25) is 9.59 Å². The standard InChI is InChI=1S/C31H43N7O2/c1-20-26(35-31(40)23-8-9-23)7-4-16-38(20)27-19-33-28(29(32)39)30(36-27)34-24-12-10-21(11-13-24)22-14-17-37(18-15-22)25-5-2-3-6-25/h10-13,19-20,22-23,25-26H,2-9,14-18H2,1H3,(H2,32,39)(H,34,36)(H,35,40)/t20-,26?/m1/s1. The van der Waals surface area contributed by atoms with Crippen molar-refractivity contribution in [2.24, 2.45) is 11.7 Å². The Bertz CT molecular complexity index is 1200. The first-order valence-electron chi connectivity index (χ1n) is 15.3. The lowest BCUT2D eigenvalue weighted by Gasteiger charge is -2.40. The van der Waals surface area contributed by atoms with Crippen LogP contribution in [0.2, 0.25) is 0 Å². The molecule has 2 aliphatic heterocycles. The van der Waals surface area contributed by atoms with Crippen LogP contribution in [0.5, 0.6) is 0 Å². The second-order valence-electron chi connectivity index (χ2n) is 12.3. The summed E-state index contributed by atoms with van der Waals surface area (Å²) in [6, 6.07) is 9.45. The van der Waals surface area contributed by atoms with Gasteiger partial charge in [-0.2, -0.15) is 0 Å². The first-order chi connectivity index (χ1) is 19.5. The van der Waals surface area contributed by atoms with Crippen molar-refractivity contribution < 1.29 is 9.59 Å². The largest absolute Gasteiger partial charge is 0.364 e. The van der Waals surface area contributed by atoms with Gasteiger partial charge in [0, 0.05) is 36.3 Å². The van der Waals surface area contributed by atoms with Gasteiger partial charge < -0.3 is 26.2 Å². The average Bonchev–Trinajstić information content (AvgIpc) is 3.68. The molecule has 4 aliphatic rings. The van der Waals surface area contributed by atoms with Crippen LogP contribution in [0.15, 0.2) is 30.5 Å². The lowest BCUT2D eigenvalue weighted by atomic mass is 9.88. The molecule has 9 heteroatoms. The van der Waals surface area contributed by atoms with Crippen LogP contribution in [0.25, 0.3) is 0 Å². The molecule has 2 aromatic rings. The number of amides is 2. The van der Waals surface area contributed by atoms with E-state index in [4.69, 9.17) is 10.7 Å². The van der Waals surface area contributed by atoms with Gasteiger partial charge >= 0.3 is 0 Å². The second-order valence-corrected chi connectivity index (χ2v) is 12.3. The fourth-order valence-electron chi connectivity index (χ4n) is 6.93. The molecule has 214 valence electrons. The van der Waals surface area contributed by atoms with Crippen molar-refractivity contribution in [2.75, 3.05) is 29.9 Å². The van der Waals surface area contributed by atoms with Crippen molar-refractivity contribution in [1.29, 1.82) is 0 Å². The van der Waals surface area contributed by atoms with Crippen molar-refractivity contribution in [2.45, 2.75) is 95.2 Å². The number of hydrogen-bond acceptors (Lipinski definition) is 7. The quantitative estimate of drug-likeness (QED) is 0.452. The van der Waals surface area contributed by atoms with E-state index in [1.807, 2.05) is 0 Å². The summed E-state index contributed by atoms with van der Waals surface area (Å²) >= 11 is 0. The number of hydrogen-bond donors (Lipinski definition) is 3. The van der Waals surface area contributed by atoms with Crippen LogP contribution in [0.3, 0.4) is 0 Å². The molecule has 40 heavy (non-hydrogen) atoms. The predicted molar refractivity (Wildman–Crippen MR) is 157 cm³/mol. The molecule has 0 bridgehead atoms. The van der Waals surface area contributed by atoms with E-state index in [0.29, 0.717) is 17.6 Å². The highest BCUT2D eigenvalue weighted by Crippen LogP contribution is 2.34. The third-order valence-electron chi connectivity index (χ3n) is 9.57. The van der Waals surface area contributed by atoms with Gasteiger partial charge in [0.1, 0.15) is 5.82 Å². The summed E-state index contributed by atoms with van der Waals surface area (Å²) in [5.41, 5.74) is 8.01. The van der Waals surface area contributed by atoms with E-state index in [-0.39, 0.29) is 29.6 Å². The minimum atomic E-state index is -0.617. The van der Waals surface area contributed by atoms with Crippen LogP contribution < -0.4 is 21.3 Å². The first-order valence-corrected chi connectivity index (χ1v) is 15.3. The molecular formula is C31H43N7O2. The molecule has 4 fully saturated rings. The molecule has 0 radical (unpaired) electrons. The van der Waals surface area contributed by atoms with Crippen molar-refractivity contribution in [1.82, 2.24) is 20.2 Å². The maximum Gasteiger partial charge on any atom is 0.271 e. The Balaban J connectivity index is 1.13. The Labute approximate surface area is 237 Å². The molecule has 9 nitrogen and oxygen atoms in total. The van der Waals surface area contributed by atoms with Crippen LogP contribution in [0.1, 0.15) is 93.1 Å². The molecule has 2 amide bonds. The minimum Gasteiger partial charge on any atom is -0.364 e. The van der Waals surface area contributed by atoms with Crippen LogP contribution in [0, 0.1) is 5.92 Å². The smallest absolute Gasteiger partial charge is 0.271 e. The van der Waals surface area contributed by atoms with E-state index in [2.05, 4.69) is 56.6 Å². The van der Waals surface area contributed by atoms with E-state index < -0.39 is 5.91 Å². The number of carbonyl (C=O) groups excluding carboxylic acids is 2. The molecule has 0 spiro atoms. The molecule has 1 aromatic carbocycles. The normalized spacial score (nSPS) is 24.7. The van der Waals surface area contributed by atoms with Gasteiger partial charge in [-0.1, -0.05) is 25.0 Å². The zero-order valence-electron chi connectivity index (χ0n) is 23.6. The maximum atomic E-state index is 12.4. The van der Waals surface area contributed by atoms with Crippen LogP contribution in [0.4, 0.5) is 17.3 Å². The Morgan fingerprint density at radius 1 is 0.925 bits per heavy atom. The number of piperidine rings is 2. The Morgan fingerprint density at radius 3 is 2.33 bits per heavy atom. The Kier molecular flexibility index (Phi) is 7.91. The second kappa shape index (κ2) is 11.7. The monoisotopic (exact) mass is 545 g/mol. The average molecular weight is 546 g/mol. The van der Waals surface area contributed by atoms with Crippen LogP contribution in [-0.4, -0.2) is 64.4 Å². The van der Waals surface area contributed by atoms with Crippen LogP contribution in [-0.2, 0) is 4.79 Å². The number of benzene rings is 1. The number of likely N-dealkylation sites (tertiary alicyclic amines) is 1. The van der Waals surface area contributed by atoms with Crippen molar-refractivity contribution in [3.05, 3.63) is 41.7 Å². The van der Waals surface area contributed by atoms with Crippen molar-refractivity contribution in [3.63, 3.8) is 0 Å². The molecule has 4 N–H and O–H groups in total. The van der Waals surface area contributed by atoms with Gasteiger partial charge in [-0.15, -0.1) is 0 Å². The lowest BCUT2D eigenvalue weighted by molar-refractivity contribution is -0.123. The van der Waals surface area contributed by atoms with Gasteiger partial charge in [0.2, 0.25) is 5.91 Å². The predicted octanol–water partition coefficient (Wildman–Crippen LogP) is 4.32. The van der Waals surface area contributed by atoms with Gasteiger partial charge in [-0.25, -0.2) is 9.97 Å². The van der Waals surface area contributed by atoms with Crippen molar-refractivity contribution in [3.8, 4) is 0 Å². The number of carbonyl (C=O) groups is 2. The fourth-order valence-corrected chi connectivity index (χ4v) is 6.93. The molecule has 3 heterocycles. The zero-order valence-corrected chi connectivity index (χ0v) is 23.6. The molecular weight excluding hydrogens is 502 g/mol. The fraction of sp³-hybridized carbons (Fsp3) is 0.613. The molecule has 2 saturated heterocycles. The van der Waals surface area contributed by atoms with E-state index >= 15 is 0 Å². The summed E-state index contributed by atoms with van der Waals surface area (Å²) in [5.74, 6) is 1.36. The number of aromatic nitrogens is 2. The van der Waals surface area contributed by atoms with E-state index in [9.17, 15) is 9.59 Å². The van der Waals surface area contributed by atoms with Gasteiger partial charge in [0.25, 0.3) is 5.91 Å². The highest BCUT2D eigenvalue weighted by molar-refractivity contribution is 5.96. The first kappa shape index (κ1) is 27.0. The van der Waals surface area contributed by atoms with Gasteiger partial charge in [0.15, 0.2) is 11.5 Å². The molecule has 1 unspecified atom stereocenters.